The average Bonchev–Trinajstić information content (AvgIpc) is 2.33. The van der Waals surface area contributed by atoms with E-state index in [1.807, 2.05) is 0 Å². The van der Waals surface area contributed by atoms with Crippen molar-refractivity contribution >= 4 is 31.6 Å². The zero-order chi connectivity index (χ0) is 12.5. The lowest BCUT2D eigenvalue weighted by atomic mass is 10.3. The minimum Gasteiger partial charge on any atom is -0.398 e. The first kappa shape index (κ1) is 12.8. The normalized spacial score (nSPS) is 18.2. The van der Waals surface area contributed by atoms with E-state index >= 15 is 0 Å². The van der Waals surface area contributed by atoms with Crippen LogP contribution in [0.1, 0.15) is 12.8 Å². The van der Waals surface area contributed by atoms with Gasteiger partial charge >= 0.3 is 0 Å². The van der Waals surface area contributed by atoms with Crippen molar-refractivity contribution in [2.24, 2.45) is 0 Å². The zero-order valence-electron chi connectivity index (χ0n) is 9.10. The Morgan fingerprint density at radius 3 is 2.76 bits per heavy atom. The van der Waals surface area contributed by atoms with Crippen LogP contribution in [0, 0.1) is 0 Å². The first-order valence-electron chi connectivity index (χ1n) is 5.22. The highest BCUT2D eigenvalue weighted by Crippen LogP contribution is 2.27. The lowest BCUT2D eigenvalue weighted by Gasteiger charge is -2.25. The molecule has 5 nitrogen and oxygen atoms in total. The summed E-state index contributed by atoms with van der Waals surface area (Å²) >= 11 is 3.23. The van der Waals surface area contributed by atoms with Gasteiger partial charge in [-0.1, -0.05) is 20.4 Å². The molecule has 1 aliphatic rings. The van der Waals surface area contributed by atoms with Gasteiger partial charge in [-0.05, 0) is 31.0 Å². The maximum atomic E-state index is 12.3. The Morgan fingerprint density at radius 1 is 1.35 bits per heavy atom. The minimum absolute atomic E-state index is 0.0776. The summed E-state index contributed by atoms with van der Waals surface area (Å²) in [7, 11) is -3.66. The molecule has 17 heavy (non-hydrogen) atoms. The van der Waals surface area contributed by atoms with Gasteiger partial charge in [0.25, 0.3) is 10.0 Å². The van der Waals surface area contributed by atoms with Crippen LogP contribution >= 0.6 is 15.9 Å². The molecule has 0 aliphatic carbocycles. The number of anilines is 1. The van der Waals surface area contributed by atoms with Crippen LogP contribution in [0.5, 0.6) is 0 Å². The van der Waals surface area contributed by atoms with Crippen LogP contribution in [0.3, 0.4) is 0 Å². The number of hydrogen-bond acceptors (Lipinski definition) is 4. The number of hydrogen-bond donors (Lipinski definition) is 1. The third-order valence-electron chi connectivity index (χ3n) is 2.49. The molecule has 1 fully saturated rings. The van der Waals surface area contributed by atoms with Crippen molar-refractivity contribution in [1.82, 2.24) is 4.47 Å². The van der Waals surface area contributed by atoms with Gasteiger partial charge in [0.1, 0.15) is 4.90 Å². The highest BCUT2D eigenvalue weighted by atomic mass is 79.9. The lowest BCUT2D eigenvalue weighted by Crippen LogP contribution is -2.36. The van der Waals surface area contributed by atoms with Crippen molar-refractivity contribution in [2.75, 3.05) is 18.9 Å². The Kier molecular flexibility index (Phi) is 3.72. The van der Waals surface area contributed by atoms with Crippen LogP contribution in [0.15, 0.2) is 27.6 Å². The molecule has 2 N–H and O–H groups in total. The molecule has 0 spiro atoms. The number of nitrogens with two attached hydrogens (primary N) is 1. The Morgan fingerprint density at radius 2 is 2.12 bits per heavy atom. The molecular formula is C10H13BrN2O3S. The highest BCUT2D eigenvalue weighted by molar-refractivity contribution is 9.10. The number of hydroxylamine groups is 1. The summed E-state index contributed by atoms with van der Waals surface area (Å²) in [5.74, 6) is 0. The second kappa shape index (κ2) is 4.93. The molecule has 1 aromatic carbocycles. The summed E-state index contributed by atoms with van der Waals surface area (Å²) in [5.41, 5.74) is 5.92. The Bertz CT molecular complexity index is 512. The standard InChI is InChI=1S/C10H13BrN2O3S/c11-8-3-4-9(12)10(7-8)17(14,15)13-5-1-2-6-16-13/h3-4,7H,1-2,5-6,12H2. The first-order chi connectivity index (χ1) is 8.01. The molecule has 0 unspecified atom stereocenters. The SMILES string of the molecule is Nc1ccc(Br)cc1S(=O)(=O)N1CCCCO1. The predicted molar refractivity (Wildman–Crippen MR) is 67.6 cm³/mol. The number of halogens is 1. The van der Waals surface area contributed by atoms with Gasteiger partial charge < -0.3 is 5.73 Å². The van der Waals surface area contributed by atoms with Gasteiger partial charge in [0.2, 0.25) is 0 Å². The van der Waals surface area contributed by atoms with Gasteiger partial charge in [-0.3, -0.25) is 4.84 Å². The van der Waals surface area contributed by atoms with Crippen LogP contribution in [0.2, 0.25) is 0 Å². The van der Waals surface area contributed by atoms with Gasteiger partial charge in [-0.2, -0.15) is 0 Å². The molecule has 1 aliphatic heterocycles. The summed E-state index contributed by atoms with van der Waals surface area (Å²) < 4.78 is 26.2. The smallest absolute Gasteiger partial charge is 0.267 e. The van der Waals surface area contributed by atoms with Gasteiger partial charge in [0, 0.05) is 11.0 Å². The fourth-order valence-electron chi connectivity index (χ4n) is 1.60. The van der Waals surface area contributed by atoms with Crippen molar-refractivity contribution in [2.45, 2.75) is 17.7 Å². The Hall–Kier alpha value is -0.630. The van der Waals surface area contributed by atoms with Gasteiger partial charge in [0.05, 0.1) is 12.3 Å². The van der Waals surface area contributed by atoms with E-state index in [1.165, 1.54) is 6.07 Å². The second-order valence-corrected chi connectivity index (χ2v) is 6.47. The van der Waals surface area contributed by atoms with Crippen molar-refractivity contribution in [3.63, 3.8) is 0 Å². The number of nitrogen functional groups attached to an aromatic ring is 1. The van der Waals surface area contributed by atoms with Crippen LogP contribution in [-0.4, -0.2) is 26.0 Å². The van der Waals surface area contributed by atoms with Crippen LogP contribution < -0.4 is 5.73 Å². The third kappa shape index (κ3) is 2.62. The summed E-state index contributed by atoms with van der Waals surface area (Å²) in [6, 6.07) is 4.74. The molecule has 2 rings (SSSR count). The topological polar surface area (TPSA) is 72.6 Å². The zero-order valence-corrected chi connectivity index (χ0v) is 11.5. The molecule has 1 aromatic rings. The lowest BCUT2D eigenvalue weighted by molar-refractivity contribution is -0.108. The van der Waals surface area contributed by atoms with E-state index in [2.05, 4.69) is 15.9 Å². The molecule has 0 aromatic heterocycles. The molecule has 1 saturated heterocycles. The van der Waals surface area contributed by atoms with E-state index in [0.29, 0.717) is 17.6 Å². The largest absolute Gasteiger partial charge is 0.398 e. The fraction of sp³-hybridized carbons (Fsp3) is 0.400. The summed E-state index contributed by atoms with van der Waals surface area (Å²) in [4.78, 5) is 5.24. The molecule has 94 valence electrons. The van der Waals surface area contributed by atoms with Crippen LogP contribution in [-0.2, 0) is 14.9 Å². The van der Waals surface area contributed by atoms with E-state index in [-0.39, 0.29) is 10.6 Å². The van der Waals surface area contributed by atoms with E-state index in [9.17, 15) is 8.42 Å². The maximum absolute atomic E-state index is 12.3. The maximum Gasteiger partial charge on any atom is 0.267 e. The van der Waals surface area contributed by atoms with Crippen molar-refractivity contribution in [1.29, 1.82) is 0 Å². The van der Waals surface area contributed by atoms with E-state index in [0.717, 1.165) is 17.3 Å². The molecule has 0 saturated carbocycles. The van der Waals surface area contributed by atoms with E-state index in [4.69, 9.17) is 10.6 Å². The third-order valence-corrected chi connectivity index (χ3v) is 4.72. The molecule has 0 radical (unpaired) electrons. The minimum atomic E-state index is -3.66. The molecule has 1 heterocycles. The molecule has 0 atom stereocenters. The second-order valence-electron chi connectivity index (χ2n) is 3.75. The summed E-state index contributed by atoms with van der Waals surface area (Å²) in [6.45, 7) is 0.793. The predicted octanol–water partition coefficient (Wildman–Crippen LogP) is 1.75. The summed E-state index contributed by atoms with van der Waals surface area (Å²) in [5, 5.41) is 0. The number of rotatable bonds is 2. The van der Waals surface area contributed by atoms with E-state index < -0.39 is 10.0 Å². The number of nitrogens with zero attached hydrogens (tertiary/aromatic N) is 1. The Balaban J connectivity index is 2.40. The average molecular weight is 321 g/mol. The van der Waals surface area contributed by atoms with Gasteiger partial charge in [-0.15, -0.1) is 0 Å². The number of benzene rings is 1. The van der Waals surface area contributed by atoms with E-state index in [1.54, 1.807) is 12.1 Å². The van der Waals surface area contributed by atoms with Gasteiger partial charge in [0.15, 0.2) is 0 Å². The molecule has 7 heteroatoms. The van der Waals surface area contributed by atoms with Crippen LogP contribution in [0.25, 0.3) is 0 Å². The highest BCUT2D eigenvalue weighted by Gasteiger charge is 2.29. The number of sulfonamides is 1. The van der Waals surface area contributed by atoms with Crippen molar-refractivity contribution in [3.05, 3.63) is 22.7 Å². The monoisotopic (exact) mass is 320 g/mol. The quantitative estimate of drug-likeness (QED) is 0.842. The van der Waals surface area contributed by atoms with Crippen molar-refractivity contribution in [3.8, 4) is 0 Å². The Labute approximate surface area is 109 Å². The molecule has 0 amide bonds. The first-order valence-corrected chi connectivity index (χ1v) is 7.46. The molecular weight excluding hydrogens is 308 g/mol. The molecule has 0 bridgehead atoms. The summed E-state index contributed by atoms with van der Waals surface area (Å²) in [6.07, 6.45) is 1.67. The van der Waals surface area contributed by atoms with Gasteiger partial charge in [-0.25, -0.2) is 8.42 Å². The van der Waals surface area contributed by atoms with Crippen LogP contribution in [0.4, 0.5) is 5.69 Å². The van der Waals surface area contributed by atoms with Crippen molar-refractivity contribution < 1.29 is 13.3 Å². The fourth-order valence-corrected chi connectivity index (χ4v) is 3.56.